The Morgan fingerprint density at radius 1 is 1.53 bits per heavy atom. The van der Waals surface area contributed by atoms with Gasteiger partial charge in [0, 0.05) is 11.9 Å². The number of hydrogen-bond donors (Lipinski definition) is 2. The van der Waals surface area contributed by atoms with Gasteiger partial charge in [-0.25, -0.2) is 4.79 Å². The number of carbonyl (C=O) groups is 2. The molecule has 7 heteroatoms. The molecule has 0 aromatic carbocycles. The van der Waals surface area contributed by atoms with Crippen LogP contribution in [0.3, 0.4) is 0 Å². The number of halogens is 2. The largest absolute Gasteiger partial charge is 0.462 e. The lowest BCUT2D eigenvalue weighted by atomic mass is 10.2. The maximum absolute atomic E-state index is 12.1. The molecule has 0 aliphatic heterocycles. The number of ether oxygens (including phenoxy) is 1. The van der Waals surface area contributed by atoms with E-state index in [1.54, 1.807) is 13.8 Å². The Labute approximate surface area is 96.1 Å². The Morgan fingerprint density at radius 2 is 2.18 bits per heavy atom. The number of rotatable bonds is 4. The summed E-state index contributed by atoms with van der Waals surface area (Å²) >= 11 is 0. The molecule has 1 aromatic rings. The fourth-order valence-corrected chi connectivity index (χ4v) is 1.28. The normalized spacial score (nSPS) is 10.4. The molecular formula is C10H12F2N2O3. The molecule has 2 N–H and O–H groups in total. The van der Waals surface area contributed by atoms with Gasteiger partial charge in [-0.05, 0) is 13.8 Å². The zero-order valence-corrected chi connectivity index (χ0v) is 9.34. The molecule has 0 saturated carbocycles. The number of esters is 1. The average Bonchev–Trinajstić information content (AvgIpc) is 2.60. The van der Waals surface area contributed by atoms with Crippen molar-refractivity contribution in [2.75, 3.05) is 11.9 Å². The summed E-state index contributed by atoms with van der Waals surface area (Å²) in [5, 5.41) is 1.95. The number of hydrogen-bond acceptors (Lipinski definition) is 3. The Balaban J connectivity index is 2.94. The monoisotopic (exact) mass is 246 g/mol. The molecule has 0 bridgehead atoms. The van der Waals surface area contributed by atoms with E-state index < -0.39 is 18.3 Å². The van der Waals surface area contributed by atoms with Crippen LogP contribution in [0.1, 0.15) is 23.0 Å². The third-order valence-corrected chi connectivity index (χ3v) is 2.01. The van der Waals surface area contributed by atoms with E-state index in [9.17, 15) is 18.4 Å². The molecular weight excluding hydrogens is 234 g/mol. The van der Waals surface area contributed by atoms with Crippen LogP contribution in [0, 0.1) is 6.92 Å². The summed E-state index contributed by atoms with van der Waals surface area (Å²) in [7, 11) is 0. The van der Waals surface area contributed by atoms with Crippen LogP contribution >= 0.6 is 0 Å². The van der Waals surface area contributed by atoms with Gasteiger partial charge < -0.3 is 15.0 Å². The number of anilines is 1. The third kappa shape index (κ3) is 3.02. The summed E-state index contributed by atoms with van der Waals surface area (Å²) in [4.78, 5) is 25.0. The highest BCUT2D eigenvalue weighted by Gasteiger charge is 2.22. The van der Waals surface area contributed by atoms with Gasteiger partial charge in [-0.15, -0.1) is 0 Å². The quantitative estimate of drug-likeness (QED) is 0.794. The minimum Gasteiger partial charge on any atom is -0.462 e. The molecule has 1 rings (SSSR count). The average molecular weight is 246 g/mol. The molecule has 0 unspecified atom stereocenters. The summed E-state index contributed by atoms with van der Waals surface area (Å²) in [5.41, 5.74) is 0.486. The van der Waals surface area contributed by atoms with Crippen LogP contribution in [0.25, 0.3) is 0 Å². The number of aryl methyl sites for hydroxylation is 1. The van der Waals surface area contributed by atoms with Gasteiger partial charge in [0.25, 0.3) is 5.91 Å². The van der Waals surface area contributed by atoms with Crippen molar-refractivity contribution in [2.45, 2.75) is 20.3 Å². The molecule has 17 heavy (non-hydrogen) atoms. The van der Waals surface area contributed by atoms with Crippen LogP contribution in [-0.2, 0) is 9.53 Å². The highest BCUT2D eigenvalue weighted by Crippen LogP contribution is 2.20. The first-order valence-corrected chi connectivity index (χ1v) is 4.91. The van der Waals surface area contributed by atoms with E-state index in [-0.39, 0.29) is 17.9 Å². The van der Waals surface area contributed by atoms with Crippen molar-refractivity contribution in [2.24, 2.45) is 0 Å². The summed E-state index contributed by atoms with van der Waals surface area (Å²) < 4.78 is 28.9. The molecule has 0 atom stereocenters. The van der Waals surface area contributed by atoms with Crippen LogP contribution in [0.4, 0.5) is 14.5 Å². The van der Waals surface area contributed by atoms with Crippen LogP contribution in [-0.4, -0.2) is 29.9 Å². The Hall–Kier alpha value is -1.92. The van der Waals surface area contributed by atoms with E-state index in [4.69, 9.17) is 4.74 Å². The van der Waals surface area contributed by atoms with Crippen LogP contribution in [0.5, 0.6) is 0 Å². The first-order chi connectivity index (χ1) is 7.97. The van der Waals surface area contributed by atoms with E-state index in [0.29, 0.717) is 5.69 Å². The predicted molar refractivity (Wildman–Crippen MR) is 56.1 cm³/mol. The van der Waals surface area contributed by atoms with Crippen molar-refractivity contribution in [3.63, 3.8) is 0 Å². The summed E-state index contributed by atoms with van der Waals surface area (Å²) in [6.45, 7) is 3.35. The molecule has 0 radical (unpaired) electrons. The van der Waals surface area contributed by atoms with Gasteiger partial charge in [-0.2, -0.15) is 8.78 Å². The van der Waals surface area contributed by atoms with Gasteiger partial charge in [0.1, 0.15) is 5.56 Å². The van der Waals surface area contributed by atoms with Crippen molar-refractivity contribution >= 4 is 17.6 Å². The van der Waals surface area contributed by atoms with Gasteiger partial charge in [0.15, 0.2) is 0 Å². The lowest BCUT2D eigenvalue weighted by molar-refractivity contribution is -0.126. The minimum absolute atomic E-state index is 0.00810. The number of H-pyrrole nitrogens is 1. The van der Waals surface area contributed by atoms with Crippen molar-refractivity contribution in [3.05, 3.63) is 17.5 Å². The summed E-state index contributed by atoms with van der Waals surface area (Å²) in [5.74, 6) is -2.13. The van der Waals surface area contributed by atoms with Gasteiger partial charge >= 0.3 is 12.4 Å². The number of aromatic nitrogens is 1. The maximum Gasteiger partial charge on any atom is 0.342 e. The lowest BCUT2D eigenvalue weighted by Crippen LogP contribution is -2.21. The second kappa shape index (κ2) is 5.42. The van der Waals surface area contributed by atoms with Crippen molar-refractivity contribution in [3.8, 4) is 0 Å². The summed E-state index contributed by atoms with van der Waals surface area (Å²) in [6, 6.07) is 0. The van der Waals surface area contributed by atoms with Crippen molar-refractivity contribution < 1.29 is 23.1 Å². The molecule has 1 amide bonds. The Kier molecular flexibility index (Phi) is 4.19. The third-order valence-electron chi connectivity index (χ3n) is 2.01. The number of aromatic amines is 1. The Morgan fingerprint density at radius 3 is 2.71 bits per heavy atom. The Bertz CT molecular complexity index is 429. The van der Waals surface area contributed by atoms with Crippen LogP contribution < -0.4 is 5.32 Å². The first-order valence-electron chi connectivity index (χ1n) is 4.91. The van der Waals surface area contributed by atoms with Gasteiger partial charge in [-0.1, -0.05) is 0 Å². The minimum atomic E-state index is -3.14. The molecule has 0 saturated heterocycles. The van der Waals surface area contributed by atoms with E-state index in [1.807, 2.05) is 5.32 Å². The highest BCUT2D eigenvalue weighted by atomic mass is 19.3. The molecule has 1 heterocycles. The smallest absolute Gasteiger partial charge is 0.342 e. The fourth-order valence-electron chi connectivity index (χ4n) is 1.28. The molecule has 0 spiro atoms. The molecule has 0 fully saturated rings. The molecule has 5 nitrogen and oxygen atoms in total. The van der Waals surface area contributed by atoms with Crippen molar-refractivity contribution in [1.29, 1.82) is 0 Å². The second-order valence-electron chi connectivity index (χ2n) is 3.21. The first kappa shape index (κ1) is 13.1. The molecule has 0 aliphatic carbocycles. The zero-order chi connectivity index (χ0) is 13.0. The lowest BCUT2D eigenvalue weighted by Gasteiger charge is -2.06. The highest BCUT2D eigenvalue weighted by molar-refractivity contribution is 6.02. The predicted octanol–water partition coefficient (Wildman–Crippen LogP) is 1.70. The summed E-state index contributed by atoms with van der Waals surface area (Å²) in [6.07, 6.45) is -1.87. The number of nitrogens with one attached hydrogen (secondary N) is 2. The van der Waals surface area contributed by atoms with Crippen LogP contribution in [0.15, 0.2) is 6.20 Å². The zero-order valence-electron chi connectivity index (χ0n) is 9.34. The molecule has 0 aliphatic rings. The van der Waals surface area contributed by atoms with Gasteiger partial charge in [0.2, 0.25) is 0 Å². The maximum atomic E-state index is 12.1. The van der Waals surface area contributed by atoms with E-state index >= 15 is 0 Å². The van der Waals surface area contributed by atoms with E-state index in [0.717, 1.165) is 0 Å². The molecule has 1 aromatic heterocycles. The SMILES string of the molecule is CCOC(=O)c1c(NC(=O)C(F)F)c[nH]c1C. The van der Waals surface area contributed by atoms with Gasteiger partial charge in [0.05, 0.1) is 12.3 Å². The standard InChI is InChI=1S/C10H12F2N2O3/c1-3-17-10(16)7-5(2)13-4-6(7)14-9(15)8(11)12/h4,8,13H,3H2,1-2H3,(H,14,15). The van der Waals surface area contributed by atoms with Crippen LogP contribution in [0.2, 0.25) is 0 Å². The van der Waals surface area contributed by atoms with E-state index in [1.165, 1.54) is 6.20 Å². The number of alkyl halides is 2. The van der Waals surface area contributed by atoms with E-state index in [2.05, 4.69) is 4.98 Å². The topological polar surface area (TPSA) is 71.2 Å². The number of carbonyl (C=O) groups excluding carboxylic acids is 2. The van der Waals surface area contributed by atoms with Gasteiger partial charge in [-0.3, -0.25) is 4.79 Å². The molecule has 94 valence electrons. The second-order valence-corrected chi connectivity index (χ2v) is 3.21. The number of amides is 1. The fraction of sp³-hybridized carbons (Fsp3) is 0.400. The van der Waals surface area contributed by atoms with Crippen molar-refractivity contribution in [1.82, 2.24) is 4.98 Å².